The third-order valence-corrected chi connectivity index (χ3v) is 8.33. The molecule has 2 aromatic carbocycles. The maximum Gasteiger partial charge on any atom is 0.247 e. The van der Waals surface area contributed by atoms with Gasteiger partial charge >= 0.3 is 0 Å². The fraction of sp³-hybridized carbons (Fsp3) is 0.300. The van der Waals surface area contributed by atoms with Gasteiger partial charge in [-0.05, 0) is 86.6 Å². The Hall–Kier alpha value is -4.02. The van der Waals surface area contributed by atoms with Gasteiger partial charge in [0, 0.05) is 36.6 Å². The first-order chi connectivity index (χ1) is 19.6. The monoisotopic (exact) mass is 558 g/mol. The molecule has 40 heavy (non-hydrogen) atoms. The number of nitrogens with one attached hydrogen (secondary N) is 2. The molecule has 6 rings (SSSR count). The molecule has 0 unspecified atom stereocenters. The number of thiophene rings is 1. The number of likely N-dealkylation sites (tertiary alicyclic amines) is 1. The Kier molecular flexibility index (Phi) is 7.61. The van der Waals surface area contributed by atoms with E-state index >= 15 is 4.39 Å². The lowest BCUT2D eigenvalue weighted by Gasteiger charge is -2.37. The molecule has 4 aromatic rings. The Labute approximate surface area is 236 Å². The van der Waals surface area contributed by atoms with Crippen LogP contribution in [-0.2, 0) is 4.79 Å². The maximum atomic E-state index is 15.3. The van der Waals surface area contributed by atoms with Crippen LogP contribution in [0.4, 0.5) is 27.4 Å². The number of aromatic nitrogens is 2. The molecule has 2 saturated heterocycles. The molecular formula is C30H31FN6O2S. The Balaban J connectivity index is 1.17. The Bertz CT molecular complexity index is 1530. The zero-order chi connectivity index (χ0) is 27.5. The molecule has 0 bridgehead atoms. The number of hydrogen-bond donors (Lipinski definition) is 2. The van der Waals surface area contributed by atoms with Crippen LogP contribution in [0.2, 0.25) is 0 Å². The van der Waals surface area contributed by atoms with Gasteiger partial charge in [-0.3, -0.25) is 4.79 Å². The number of carbonyl (C=O) groups is 1. The quantitative estimate of drug-likeness (QED) is 0.237. The van der Waals surface area contributed by atoms with Crippen LogP contribution in [0.3, 0.4) is 0 Å². The van der Waals surface area contributed by atoms with Gasteiger partial charge in [0.05, 0.1) is 11.2 Å². The molecule has 0 atom stereocenters. The van der Waals surface area contributed by atoms with Crippen LogP contribution in [0, 0.1) is 5.82 Å². The number of anilines is 4. The SMILES string of the molecule is C=CC(=O)Nc1cccc(Oc2nc(Nc3ccc(N4CCC(N5CCCC5)CC4)c(F)c3)nc3ccsc23)c1. The summed E-state index contributed by atoms with van der Waals surface area (Å²) in [6.45, 7) is 7.60. The number of rotatable bonds is 8. The zero-order valence-corrected chi connectivity index (χ0v) is 22.9. The van der Waals surface area contributed by atoms with Gasteiger partial charge in [-0.15, -0.1) is 11.3 Å². The Morgan fingerprint density at radius 2 is 1.88 bits per heavy atom. The molecule has 2 N–H and O–H groups in total. The number of fused-ring (bicyclic) bond motifs is 1. The van der Waals surface area contributed by atoms with E-state index < -0.39 is 0 Å². The fourth-order valence-electron chi connectivity index (χ4n) is 5.45. The molecule has 206 valence electrons. The van der Waals surface area contributed by atoms with Crippen molar-refractivity contribution in [1.29, 1.82) is 0 Å². The molecule has 2 aliphatic rings. The van der Waals surface area contributed by atoms with Gasteiger partial charge in [0.2, 0.25) is 17.7 Å². The van der Waals surface area contributed by atoms with Crippen molar-refractivity contribution in [3.63, 3.8) is 0 Å². The van der Waals surface area contributed by atoms with E-state index in [4.69, 9.17) is 4.74 Å². The van der Waals surface area contributed by atoms with Gasteiger partial charge in [0.25, 0.3) is 0 Å². The minimum Gasteiger partial charge on any atom is -0.437 e. The average molecular weight is 559 g/mol. The third kappa shape index (κ3) is 5.78. The van der Waals surface area contributed by atoms with E-state index in [0.717, 1.165) is 30.6 Å². The summed E-state index contributed by atoms with van der Waals surface area (Å²) in [6.07, 6.45) is 5.93. The van der Waals surface area contributed by atoms with Crippen molar-refractivity contribution >= 4 is 50.5 Å². The molecule has 2 fully saturated rings. The number of nitrogens with zero attached hydrogens (tertiary/aromatic N) is 4. The van der Waals surface area contributed by atoms with Gasteiger partial charge in [0.15, 0.2) is 0 Å². The second-order valence-corrected chi connectivity index (χ2v) is 11.0. The topological polar surface area (TPSA) is 82.6 Å². The van der Waals surface area contributed by atoms with Crippen molar-refractivity contribution in [2.75, 3.05) is 41.7 Å². The number of halogens is 1. The van der Waals surface area contributed by atoms with Crippen molar-refractivity contribution in [2.45, 2.75) is 31.7 Å². The molecular weight excluding hydrogens is 527 g/mol. The first-order valence-electron chi connectivity index (χ1n) is 13.6. The highest BCUT2D eigenvalue weighted by Gasteiger charge is 2.27. The van der Waals surface area contributed by atoms with Crippen LogP contribution in [0.25, 0.3) is 10.2 Å². The van der Waals surface area contributed by atoms with Crippen molar-refractivity contribution in [3.8, 4) is 11.6 Å². The van der Waals surface area contributed by atoms with Crippen molar-refractivity contribution in [1.82, 2.24) is 14.9 Å². The summed E-state index contributed by atoms with van der Waals surface area (Å²) in [5.74, 6) is 0.598. The predicted octanol–water partition coefficient (Wildman–Crippen LogP) is 6.56. The maximum absolute atomic E-state index is 15.3. The number of amides is 1. The second-order valence-electron chi connectivity index (χ2n) is 10.1. The first-order valence-corrected chi connectivity index (χ1v) is 14.5. The van der Waals surface area contributed by atoms with Crippen LogP contribution in [0.5, 0.6) is 11.6 Å². The number of piperidine rings is 1. The standard InChI is InChI=1S/C30H31FN6O2S/c1-2-27(38)32-20-6-5-7-23(18-20)39-29-28-25(12-17-40-28)34-30(35-29)33-21-8-9-26(24(31)19-21)37-15-10-22(11-16-37)36-13-3-4-14-36/h2,5-9,12,17-19,22H,1,3-4,10-11,13-16H2,(H,32,38)(H,33,34,35). The van der Waals surface area contributed by atoms with Crippen molar-refractivity contribution in [3.05, 3.63) is 72.4 Å². The van der Waals surface area contributed by atoms with Crippen LogP contribution >= 0.6 is 11.3 Å². The largest absolute Gasteiger partial charge is 0.437 e. The summed E-state index contributed by atoms with van der Waals surface area (Å²) in [5, 5.41) is 7.78. The van der Waals surface area contributed by atoms with E-state index in [9.17, 15) is 4.79 Å². The van der Waals surface area contributed by atoms with Crippen molar-refractivity contribution in [2.24, 2.45) is 0 Å². The summed E-state index contributed by atoms with van der Waals surface area (Å²) < 4.78 is 22.2. The minimum absolute atomic E-state index is 0.268. The zero-order valence-electron chi connectivity index (χ0n) is 22.1. The normalized spacial score (nSPS) is 16.3. The summed E-state index contributed by atoms with van der Waals surface area (Å²) in [4.78, 5) is 25.6. The molecule has 2 aliphatic heterocycles. The van der Waals surface area contributed by atoms with E-state index in [-0.39, 0.29) is 11.7 Å². The van der Waals surface area contributed by atoms with E-state index in [1.54, 1.807) is 24.3 Å². The van der Waals surface area contributed by atoms with Crippen LogP contribution < -0.4 is 20.3 Å². The smallest absolute Gasteiger partial charge is 0.247 e. The molecule has 8 nitrogen and oxygen atoms in total. The molecule has 10 heteroatoms. The highest BCUT2D eigenvalue weighted by Crippen LogP contribution is 2.34. The molecule has 0 spiro atoms. The van der Waals surface area contributed by atoms with Crippen LogP contribution in [0.15, 0.2) is 66.6 Å². The van der Waals surface area contributed by atoms with E-state index in [1.165, 1.54) is 49.4 Å². The van der Waals surface area contributed by atoms with Gasteiger partial charge in [-0.25, -0.2) is 9.37 Å². The van der Waals surface area contributed by atoms with Crippen LogP contribution in [-0.4, -0.2) is 53.0 Å². The van der Waals surface area contributed by atoms with Gasteiger partial charge in [-0.2, -0.15) is 4.98 Å². The summed E-state index contributed by atoms with van der Waals surface area (Å²) >= 11 is 1.47. The second kappa shape index (κ2) is 11.6. The molecule has 4 heterocycles. The van der Waals surface area contributed by atoms with E-state index in [1.807, 2.05) is 23.6 Å². The molecule has 0 radical (unpaired) electrons. The molecule has 0 aliphatic carbocycles. The lowest BCUT2D eigenvalue weighted by atomic mass is 10.0. The van der Waals surface area contributed by atoms with E-state index in [0.29, 0.717) is 46.2 Å². The summed E-state index contributed by atoms with van der Waals surface area (Å²) in [6, 6.07) is 14.7. The third-order valence-electron chi connectivity index (χ3n) is 7.44. The fourth-order valence-corrected chi connectivity index (χ4v) is 6.21. The number of carbonyl (C=O) groups excluding carboxylic acids is 1. The Morgan fingerprint density at radius 1 is 1.05 bits per heavy atom. The highest BCUT2D eigenvalue weighted by molar-refractivity contribution is 7.17. The number of hydrogen-bond acceptors (Lipinski definition) is 8. The van der Waals surface area contributed by atoms with Gasteiger partial charge in [0.1, 0.15) is 16.3 Å². The average Bonchev–Trinajstić information content (AvgIpc) is 3.67. The minimum atomic E-state index is -0.309. The number of ether oxygens (including phenoxy) is 1. The first kappa shape index (κ1) is 26.2. The van der Waals surface area contributed by atoms with Crippen molar-refractivity contribution < 1.29 is 13.9 Å². The molecule has 2 aromatic heterocycles. The van der Waals surface area contributed by atoms with E-state index in [2.05, 4.69) is 37.0 Å². The van der Waals surface area contributed by atoms with Gasteiger partial charge < -0.3 is 25.2 Å². The molecule has 0 saturated carbocycles. The highest BCUT2D eigenvalue weighted by atomic mass is 32.1. The van der Waals surface area contributed by atoms with Crippen LogP contribution in [0.1, 0.15) is 25.7 Å². The summed E-state index contributed by atoms with van der Waals surface area (Å²) in [7, 11) is 0. The Morgan fingerprint density at radius 3 is 2.65 bits per heavy atom. The lowest BCUT2D eigenvalue weighted by Crippen LogP contribution is -2.44. The predicted molar refractivity (Wildman–Crippen MR) is 158 cm³/mol. The lowest BCUT2D eigenvalue weighted by molar-refractivity contribution is -0.111. The summed E-state index contributed by atoms with van der Waals surface area (Å²) in [5.41, 5.74) is 2.48. The molecule has 1 amide bonds. The van der Waals surface area contributed by atoms with Gasteiger partial charge in [-0.1, -0.05) is 12.6 Å². The number of benzene rings is 2.